The fraction of sp³-hybridized carbons (Fsp3) is 0.0909. The molecule has 2 atom stereocenters. The van der Waals surface area contributed by atoms with Crippen molar-refractivity contribution in [2.24, 2.45) is 0 Å². The number of hydrogen-bond acceptors (Lipinski definition) is 8. The number of hydrogen-bond donors (Lipinski definition) is 2. The predicted molar refractivity (Wildman–Crippen MR) is 164 cm³/mol. The van der Waals surface area contributed by atoms with Crippen LogP contribution in [0.1, 0.15) is 17.5 Å². The van der Waals surface area contributed by atoms with Gasteiger partial charge in [0.25, 0.3) is 0 Å². The second-order valence-electron chi connectivity index (χ2n) is 9.08. The SMILES string of the molecule is COc1cc(C=CC(=O)CC(=O)C=Cc2cc(OC)c(O)c(S(=O)c3ccccc3)c2)cc(S(=O)c2ccccc2)c1O. The van der Waals surface area contributed by atoms with E-state index in [1.165, 1.54) is 62.8 Å². The Bertz CT molecular complexity index is 1620. The summed E-state index contributed by atoms with van der Waals surface area (Å²) in [6.07, 6.45) is 4.91. The summed E-state index contributed by atoms with van der Waals surface area (Å²) >= 11 is 0. The third-order valence-electron chi connectivity index (χ3n) is 6.15. The van der Waals surface area contributed by atoms with E-state index in [1.807, 2.05) is 0 Å². The normalized spacial score (nSPS) is 12.7. The number of methoxy groups -OCH3 is 2. The van der Waals surface area contributed by atoms with Gasteiger partial charge in [-0.2, -0.15) is 0 Å². The average Bonchev–Trinajstić information content (AvgIpc) is 3.03. The fourth-order valence-electron chi connectivity index (χ4n) is 4.00. The molecule has 2 unspecified atom stereocenters. The number of ketones is 2. The molecule has 0 saturated heterocycles. The summed E-state index contributed by atoms with van der Waals surface area (Å²) in [7, 11) is -0.679. The van der Waals surface area contributed by atoms with Crippen molar-refractivity contribution in [3.05, 3.63) is 108 Å². The van der Waals surface area contributed by atoms with E-state index < -0.39 is 39.6 Å². The van der Waals surface area contributed by atoms with Gasteiger partial charge in [-0.1, -0.05) is 48.6 Å². The molecule has 0 aliphatic carbocycles. The molecule has 8 nitrogen and oxygen atoms in total. The summed E-state index contributed by atoms with van der Waals surface area (Å²) in [5.41, 5.74) is 0.890. The number of ether oxygens (including phenoxy) is 2. The van der Waals surface area contributed by atoms with Crippen molar-refractivity contribution < 1.29 is 37.7 Å². The average molecular weight is 617 g/mol. The molecular formula is C33H28O8S2. The van der Waals surface area contributed by atoms with Gasteiger partial charge in [-0.05, 0) is 71.8 Å². The number of carbonyl (C=O) groups is 2. The maximum absolute atomic E-state index is 13.1. The molecule has 0 amide bonds. The first-order valence-electron chi connectivity index (χ1n) is 12.9. The highest BCUT2D eigenvalue weighted by atomic mass is 32.2. The van der Waals surface area contributed by atoms with Gasteiger partial charge in [-0.25, -0.2) is 8.42 Å². The smallest absolute Gasteiger partial charge is 0.174 e. The minimum absolute atomic E-state index is 0.0878. The molecule has 4 aromatic carbocycles. The van der Waals surface area contributed by atoms with Gasteiger partial charge in [0.1, 0.15) is 0 Å². The standard InChI is InChI=1S/C33H28O8S2/c1-40-28-17-22(19-30(32(28)36)42(38)26-9-5-3-6-10-26)13-15-24(34)21-25(35)16-14-23-18-29(41-2)33(37)31(20-23)43(39)27-11-7-4-8-12-27/h3-20,36-37H,21H2,1-2H3. The molecule has 4 aromatic rings. The molecule has 0 fully saturated rings. The van der Waals surface area contributed by atoms with Crippen molar-refractivity contribution in [2.75, 3.05) is 14.2 Å². The van der Waals surface area contributed by atoms with Gasteiger partial charge in [0.05, 0.1) is 52.0 Å². The zero-order chi connectivity index (χ0) is 30.9. The number of phenolic OH excluding ortho intramolecular Hbond substituents is 2. The summed E-state index contributed by atoms with van der Waals surface area (Å²) in [5, 5.41) is 21.1. The molecule has 0 bridgehead atoms. The molecule has 0 aliphatic heterocycles. The van der Waals surface area contributed by atoms with Crippen molar-refractivity contribution in [1.82, 2.24) is 0 Å². The molecule has 0 saturated carbocycles. The Kier molecular flexibility index (Phi) is 10.4. The van der Waals surface area contributed by atoms with Crippen LogP contribution in [0.4, 0.5) is 0 Å². The van der Waals surface area contributed by atoms with Gasteiger partial charge in [-0.3, -0.25) is 9.59 Å². The highest BCUT2D eigenvalue weighted by Gasteiger charge is 2.18. The minimum Gasteiger partial charge on any atom is -0.503 e. The number of phenols is 2. The third-order valence-corrected chi connectivity index (χ3v) is 8.97. The fourth-order valence-corrected chi connectivity index (χ4v) is 6.36. The summed E-state index contributed by atoms with van der Waals surface area (Å²) in [6, 6.07) is 23.1. The van der Waals surface area contributed by atoms with Crippen LogP contribution in [0.3, 0.4) is 0 Å². The summed E-state index contributed by atoms with van der Waals surface area (Å²) in [5.74, 6) is -1.33. The molecule has 0 radical (unpaired) electrons. The number of benzene rings is 4. The molecule has 0 heterocycles. The third kappa shape index (κ3) is 7.73. The summed E-state index contributed by atoms with van der Waals surface area (Å²) in [6.45, 7) is 0. The van der Waals surface area contributed by atoms with E-state index in [4.69, 9.17) is 9.47 Å². The lowest BCUT2D eigenvalue weighted by molar-refractivity contribution is -0.121. The quantitative estimate of drug-likeness (QED) is 0.153. The second-order valence-corrected chi connectivity index (χ2v) is 12.0. The van der Waals surface area contributed by atoms with E-state index in [-0.39, 0.29) is 32.8 Å². The van der Waals surface area contributed by atoms with Crippen molar-refractivity contribution >= 4 is 45.3 Å². The van der Waals surface area contributed by atoms with Crippen molar-refractivity contribution in [1.29, 1.82) is 0 Å². The first-order valence-corrected chi connectivity index (χ1v) is 15.2. The van der Waals surface area contributed by atoms with Gasteiger partial charge in [-0.15, -0.1) is 0 Å². The second kappa shape index (κ2) is 14.4. The van der Waals surface area contributed by atoms with Crippen LogP contribution in [0.2, 0.25) is 0 Å². The Morgan fingerprint density at radius 2 is 1.02 bits per heavy atom. The molecule has 2 N–H and O–H groups in total. The van der Waals surface area contributed by atoms with Gasteiger partial charge in [0.15, 0.2) is 34.6 Å². The van der Waals surface area contributed by atoms with E-state index in [0.29, 0.717) is 20.9 Å². The Hall–Kier alpha value is -4.80. The Labute approximate surface area is 253 Å². The first kappa shape index (κ1) is 31.1. The Balaban J connectivity index is 1.49. The van der Waals surface area contributed by atoms with E-state index in [9.17, 15) is 28.2 Å². The van der Waals surface area contributed by atoms with E-state index >= 15 is 0 Å². The van der Waals surface area contributed by atoms with Gasteiger partial charge in [0, 0.05) is 9.79 Å². The van der Waals surface area contributed by atoms with Crippen LogP contribution in [-0.4, -0.2) is 44.4 Å². The monoisotopic (exact) mass is 616 g/mol. The van der Waals surface area contributed by atoms with Gasteiger partial charge in [0.2, 0.25) is 0 Å². The number of carbonyl (C=O) groups excluding carboxylic acids is 2. The maximum atomic E-state index is 13.1. The topological polar surface area (TPSA) is 127 Å². The largest absolute Gasteiger partial charge is 0.503 e. The lowest BCUT2D eigenvalue weighted by Crippen LogP contribution is -2.02. The van der Waals surface area contributed by atoms with E-state index in [1.54, 1.807) is 60.7 Å². The van der Waals surface area contributed by atoms with Gasteiger partial charge < -0.3 is 19.7 Å². The van der Waals surface area contributed by atoms with E-state index in [2.05, 4.69) is 0 Å². The van der Waals surface area contributed by atoms with E-state index in [0.717, 1.165) is 0 Å². The summed E-state index contributed by atoms with van der Waals surface area (Å²) < 4.78 is 36.6. The van der Waals surface area contributed by atoms with Crippen molar-refractivity contribution in [3.8, 4) is 23.0 Å². The van der Waals surface area contributed by atoms with Crippen LogP contribution in [0.5, 0.6) is 23.0 Å². The summed E-state index contributed by atoms with van der Waals surface area (Å²) in [4.78, 5) is 26.3. The van der Waals surface area contributed by atoms with Gasteiger partial charge >= 0.3 is 0 Å². The lowest BCUT2D eigenvalue weighted by atomic mass is 10.1. The molecule has 43 heavy (non-hydrogen) atoms. The number of allylic oxidation sites excluding steroid dienone is 2. The van der Waals surface area contributed by atoms with Crippen LogP contribution >= 0.6 is 0 Å². The predicted octanol–water partition coefficient (Wildman–Crippen LogP) is 5.70. The molecule has 4 rings (SSSR count). The molecule has 220 valence electrons. The molecule has 0 spiro atoms. The first-order chi connectivity index (χ1) is 20.7. The molecule has 0 aliphatic rings. The van der Waals surface area contributed by atoms with Crippen LogP contribution in [-0.2, 0) is 31.2 Å². The Morgan fingerprint density at radius 1 is 0.651 bits per heavy atom. The van der Waals surface area contributed by atoms with Crippen LogP contribution in [0, 0.1) is 0 Å². The van der Waals surface area contributed by atoms with Crippen molar-refractivity contribution in [2.45, 2.75) is 26.0 Å². The number of rotatable bonds is 12. The minimum atomic E-state index is -1.70. The van der Waals surface area contributed by atoms with Crippen LogP contribution < -0.4 is 9.47 Å². The highest BCUT2D eigenvalue weighted by molar-refractivity contribution is 7.85. The number of aromatic hydroxyl groups is 2. The zero-order valence-electron chi connectivity index (χ0n) is 23.3. The molecule has 0 aromatic heterocycles. The lowest BCUT2D eigenvalue weighted by Gasteiger charge is -2.11. The van der Waals surface area contributed by atoms with Crippen LogP contribution in [0.25, 0.3) is 12.2 Å². The van der Waals surface area contributed by atoms with Crippen LogP contribution in [0.15, 0.2) is 117 Å². The Morgan fingerprint density at radius 3 is 1.37 bits per heavy atom. The molecule has 10 heteroatoms. The zero-order valence-corrected chi connectivity index (χ0v) is 24.9. The molecular weight excluding hydrogens is 588 g/mol. The maximum Gasteiger partial charge on any atom is 0.174 e. The van der Waals surface area contributed by atoms with Crippen molar-refractivity contribution in [3.63, 3.8) is 0 Å². The highest BCUT2D eigenvalue weighted by Crippen LogP contribution is 2.37.